The van der Waals surface area contributed by atoms with E-state index in [0.29, 0.717) is 0 Å². The predicted molar refractivity (Wildman–Crippen MR) is 203 cm³/mol. The van der Waals surface area contributed by atoms with Crippen molar-refractivity contribution in [3.8, 4) is 0 Å². The lowest BCUT2D eigenvalue weighted by atomic mass is 9.78. The van der Waals surface area contributed by atoms with Crippen LogP contribution in [0.1, 0.15) is 12.0 Å². The molecule has 2 aliphatic carbocycles. The molecule has 0 bridgehead atoms. The maximum absolute atomic E-state index is 2.46. The normalized spacial score (nSPS) is 15.8. The second-order valence-corrected chi connectivity index (χ2v) is 16.1. The lowest BCUT2D eigenvalue weighted by Gasteiger charge is -2.35. The Kier molecular flexibility index (Phi) is 8.17. The lowest BCUT2D eigenvalue weighted by Crippen LogP contribution is -2.26. The van der Waals surface area contributed by atoms with Gasteiger partial charge in [0.2, 0.25) is 0 Å². The molecule has 6 aromatic rings. The Labute approximate surface area is 274 Å². The second-order valence-electron chi connectivity index (χ2n) is 11.7. The van der Waals surface area contributed by atoms with Crippen molar-refractivity contribution in [2.45, 2.75) is 6.42 Å². The van der Waals surface area contributed by atoms with Crippen molar-refractivity contribution < 1.29 is 0 Å². The van der Waals surface area contributed by atoms with E-state index >= 15 is 0 Å². The summed E-state index contributed by atoms with van der Waals surface area (Å²) < 4.78 is 0. The van der Waals surface area contributed by atoms with Crippen LogP contribution in [0.15, 0.2) is 199 Å². The van der Waals surface area contributed by atoms with Gasteiger partial charge in [-0.1, -0.05) is 188 Å². The average Bonchev–Trinajstić information content (AvgIpc) is 3.14. The summed E-state index contributed by atoms with van der Waals surface area (Å²) in [4.78, 5) is 0. The van der Waals surface area contributed by atoms with Gasteiger partial charge >= 0.3 is 0 Å². The van der Waals surface area contributed by atoms with E-state index in [2.05, 4.69) is 188 Å². The molecule has 0 aliphatic heterocycles. The molecule has 46 heavy (non-hydrogen) atoms. The van der Waals surface area contributed by atoms with Crippen molar-refractivity contribution in [1.29, 1.82) is 0 Å². The van der Waals surface area contributed by atoms with Crippen LogP contribution in [-0.4, -0.2) is 0 Å². The molecular weight excluding hydrogens is 590 g/mol. The van der Waals surface area contributed by atoms with E-state index in [9.17, 15) is 0 Å². The van der Waals surface area contributed by atoms with Crippen LogP contribution in [0.3, 0.4) is 0 Å². The smallest absolute Gasteiger partial charge is 0.0137 e. The fourth-order valence-corrected chi connectivity index (χ4v) is 11.9. The Balaban J connectivity index is 1.50. The number of hydrogen-bond donors (Lipinski definition) is 0. The summed E-state index contributed by atoms with van der Waals surface area (Å²) in [6, 6.07) is 58.5. The van der Waals surface area contributed by atoms with Crippen LogP contribution in [0.2, 0.25) is 0 Å². The molecule has 0 radical (unpaired) electrons. The van der Waals surface area contributed by atoms with Crippen LogP contribution in [-0.2, 0) is 0 Å². The molecule has 0 amide bonds. The molecule has 8 rings (SSSR count). The van der Waals surface area contributed by atoms with E-state index in [4.69, 9.17) is 0 Å². The van der Waals surface area contributed by atoms with Gasteiger partial charge < -0.3 is 0 Å². The quantitative estimate of drug-likeness (QED) is 0.155. The van der Waals surface area contributed by atoms with Gasteiger partial charge in [-0.05, 0) is 81.6 Å². The topological polar surface area (TPSA) is 0 Å². The molecule has 0 saturated carbocycles. The number of benzene rings is 6. The third kappa shape index (κ3) is 5.43. The fraction of sp³-hybridized carbons (Fsp3) is 0.0455. The van der Waals surface area contributed by atoms with E-state index < -0.39 is 15.8 Å². The third-order valence-corrected chi connectivity index (χ3v) is 14.0. The first-order valence-electron chi connectivity index (χ1n) is 16.0. The van der Waals surface area contributed by atoms with Crippen LogP contribution < -0.4 is 26.5 Å². The summed E-state index contributed by atoms with van der Waals surface area (Å²) in [7, 11) is -1.64. The predicted octanol–water partition coefficient (Wildman–Crippen LogP) is 9.51. The van der Waals surface area contributed by atoms with Crippen LogP contribution in [0, 0.1) is 5.92 Å². The van der Waals surface area contributed by atoms with E-state index in [1.54, 1.807) is 0 Å². The average molecular weight is 625 g/mol. The Bertz CT molecular complexity index is 2030. The van der Waals surface area contributed by atoms with Gasteiger partial charge in [0.1, 0.15) is 0 Å². The van der Waals surface area contributed by atoms with Gasteiger partial charge in [0.25, 0.3) is 0 Å². The molecule has 2 aliphatic rings. The highest BCUT2D eigenvalue weighted by atomic mass is 31.1. The molecule has 0 nitrogen and oxygen atoms in total. The van der Waals surface area contributed by atoms with Gasteiger partial charge in [0.15, 0.2) is 0 Å². The minimum Gasteiger partial charge on any atom is -0.0836 e. The monoisotopic (exact) mass is 624 g/mol. The molecule has 0 heterocycles. The molecule has 0 spiro atoms. The minimum absolute atomic E-state index is 0.287. The summed E-state index contributed by atoms with van der Waals surface area (Å²) >= 11 is 0. The number of rotatable bonds is 7. The maximum Gasteiger partial charge on any atom is 0.0137 e. The minimum atomic E-state index is -0.825. The molecule has 0 fully saturated rings. The summed E-state index contributed by atoms with van der Waals surface area (Å²) in [6.45, 7) is 0. The summed E-state index contributed by atoms with van der Waals surface area (Å²) in [5.74, 6) is 0.287. The summed E-state index contributed by atoms with van der Waals surface area (Å²) in [5, 5.41) is 11.0. The third-order valence-electron chi connectivity index (χ3n) is 8.97. The van der Waals surface area contributed by atoms with E-state index in [0.717, 1.165) is 6.42 Å². The van der Waals surface area contributed by atoms with Gasteiger partial charge in [0, 0.05) is 5.92 Å². The maximum atomic E-state index is 2.46. The molecule has 0 aromatic heterocycles. The van der Waals surface area contributed by atoms with Gasteiger partial charge in [-0.25, -0.2) is 0 Å². The molecule has 1 unspecified atom stereocenters. The van der Waals surface area contributed by atoms with Gasteiger partial charge in [0.05, 0.1) is 0 Å². The Hall–Kier alpha value is -4.60. The van der Waals surface area contributed by atoms with E-state index in [1.807, 2.05) is 0 Å². The first-order chi connectivity index (χ1) is 22.9. The fourth-order valence-electron chi connectivity index (χ4n) is 6.94. The van der Waals surface area contributed by atoms with Crippen molar-refractivity contribution in [3.05, 3.63) is 205 Å². The number of allylic oxidation sites excluding steroid dienone is 8. The Morgan fingerprint density at radius 3 is 1.59 bits per heavy atom. The molecule has 220 valence electrons. The van der Waals surface area contributed by atoms with Gasteiger partial charge in [-0.3, -0.25) is 0 Å². The van der Waals surface area contributed by atoms with E-state index in [-0.39, 0.29) is 5.92 Å². The first-order valence-corrected chi connectivity index (χ1v) is 18.7. The van der Waals surface area contributed by atoms with Crippen LogP contribution in [0.5, 0.6) is 0 Å². The highest BCUT2D eigenvalue weighted by molar-refractivity contribution is 7.80. The largest absolute Gasteiger partial charge is 0.0836 e. The van der Waals surface area contributed by atoms with Gasteiger partial charge in [-0.15, -0.1) is 0 Å². The van der Waals surface area contributed by atoms with Crippen LogP contribution >= 0.6 is 15.8 Å². The van der Waals surface area contributed by atoms with Crippen molar-refractivity contribution >= 4 is 58.7 Å². The van der Waals surface area contributed by atoms with Gasteiger partial charge in [-0.2, -0.15) is 0 Å². The molecule has 0 N–H and O–H groups in total. The van der Waals surface area contributed by atoms with E-state index in [1.165, 1.54) is 59.3 Å². The Morgan fingerprint density at radius 2 is 1.00 bits per heavy atom. The van der Waals surface area contributed by atoms with Crippen molar-refractivity contribution in [2.75, 3.05) is 0 Å². The van der Waals surface area contributed by atoms with Crippen LogP contribution in [0.4, 0.5) is 0 Å². The lowest BCUT2D eigenvalue weighted by molar-refractivity contribution is 0.801. The molecule has 6 aromatic carbocycles. The van der Waals surface area contributed by atoms with Crippen molar-refractivity contribution in [1.82, 2.24) is 0 Å². The summed E-state index contributed by atoms with van der Waals surface area (Å²) in [5.41, 5.74) is 4.31. The Morgan fingerprint density at radius 1 is 0.478 bits per heavy atom. The molecular formula is C44H34P2. The first kappa shape index (κ1) is 28.8. The SMILES string of the molecule is C1=CCC2C(=C1)C=CC(P(c1ccccc1)c1ccccc1)=C2c1c(P(c2ccccc2)c2ccccc2)ccc2ccccc12. The highest BCUT2D eigenvalue weighted by Crippen LogP contribution is 2.55. The molecule has 1 atom stereocenters. The highest BCUT2D eigenvalue weighted by Gasteiger charge is 2.34. The summed E-state index contributed by atoms with van der Waals surface area (Å²) in [6.07, 6.45) is 12.8. The number of hydrogen-bond acceptors (Lipinski definition) is 0. The second kappa shape index (κ2) is 13.0. The zero-order valence-electron chi connectivity index (χ0n) is 25.6. The number of fused-ring (bicyclic) bond motifs is 2. The molecule has 2 heteroatoms. The standard InChI is InChI=1S/C44H34P2/c1-5-19-35(20-6-1)45(36-21-7-2-8-22-36)41-31-29-33-17-13-15-27-39(33)43(41)44-40-28-16-14-18-34(40)30-32-42(44)46(37-23-9-3-10-24-37)38-25-11-4-12-26-38/h1-27,29-32,40H,28H2. The van der Waals surface area contributed by atoms with Crippen molar-refractivity contribution in [2.24, 2.45) is 5.92 Å². The zero-order valence-corrected chi connectivity index (χ0v) is 27.4. The van der Waals surface area contributed by atoms with Crippen molar-refractivity contribution in [3.63, 3.8) is 0 Å². The van der Waals surface area contributed by atoms with Crippen LogP contribution in [0.25, 0.3) is 16.3 Å². The molecule has 0 saturated heterocycles. The zero-order chi connectivity index (χ0) is 30.7.